The highest BCUT2D eigenvalue weighted by atomic mass is 16.2. The molecule has 0 spiro atoms. The minimum atomic E-state index is -0.0154. The van der Waals surface area contributed by atoms with Crippen LogP contribution in [-0.4, -0.2) is 62.8 Å². The minimum Gasteiger partial charge on any atom is -0.361 e. The van der Waals surface area contributed by atoms with Crippen LogP contribution in [0.2, 0.25) is 0 Å². The van der Waals surface area contributed by atoms with Crippen LogP contribution in [0.15, 0.2) is 48.5 Å². The quantitative estimate of drug-likeness (QED) is 0.525. The van der Waals surface area contributed by atoms with Gasteiger partial charge in [-0.1, -0.05) is 24.3 Å². The van der Waals surface area contributed by atoms with E-state index in [1.165, 1.54) is 0 Å². The van der Waals surface area contributed by atoms with Gasteiger partial charge in [-0.3, -0.25) is 4.79 Å². The molecule has 1 aliphatic heterocycles. The second-order valence-corrected chi connectivity index (χ2v) is 7.87. The van der Waals surface area contributed by atoms with Crippen molar-refractivity contribution in [3.8, 4) is 0 Å². The highest BCUT2D eigenvalue weighted by Crippen LogP contribution is 2.28. The zero-order valence-electron chi connectivity index (χ0n) is 17.1. The van der Waals surface area contributed by atoms with Crippen LogP contribution in [0.4, 0.5) is 5.82 Å². The Hall–Kier alpha value is -3.55. The largest absolute Gasteiger partial charge is 0.361 e. The lowest BCUT2D eigenvalue weighted by Crippen LogP contribution is -2.38. The molecule has 4 heterocycles. The number of para-hydroxylation sites is 1. The van der Waals surface area contributed by atoms with Crippen LogP contribution in [0, 0.1) is 0 Å². The molecule has 4 aromatic rings. The van der Waals surface area contributed by atoms with Gasteiger partial charge in [0.05, 0.1) is 5.52 Å². The van der Waals surface area contributed by atoms with E-state index in [2.05, 4.69) is 20.3 Å². The number of aromatic nitrogens is 5. The van der Waals surface area contributed by atoms with E-state index in [4.69, 9.17) is 0 Å². The number of carbonyl (C=O) groups is 1. The molecule has 152 valence electrons. The molecule has 8 heteroatoms. The number of anilines is 1. The first-order valence-corrected chi connectivity index (χ1v) is 10.1. The summed E-state index contributed by atoms with van der Waals surface area (Å²) in [7, 11) is 3.92. The predicted octanol–water partition coefficient (Wildman–Crippen LogP) is 2.76. The predicted molar refractivity (Wildman–Crippen MR) is 115 cm³/mol. The van der Waals surface area contributed by atoms with Crippen LogP contribution < -0.4 is 4.90 Å². The standard InChI is InChI=1S/C22H23N7O/c1-27(2)20-10-9-19-24-25-21(29(19)26-20)16-11-13-28(14-12-16)22(30)18-8-7-15-5-3-4-6-17(15)23-18/h3-10,16H,11-14H2,1-2H3. The summed E-state index contributed by atoms with van der Waals surface area (Å²) < 4.78 is 1.84. The van der Waals surface area contributed by atoms with Gasteiger partial charge >= 0.3 is 0 Å². The topological polar surface area (TPSA) is 79.5 Å². The molecule has 1 fully saturated rings. The van der Waals surface area contributed by atoms with E-state index < -0.39 is 0 Å². The fourth-order valence-electron chi connectivity index (χ4n) is 3.98. The number of rotatable bonds is 3. The van der Waals surface area contributed by atoms with Gasteiger partial charge in [-0.05, 0) is 37.1 Å². The van der Waals surface area contributed by atoms with Crippen molar-refractivity contribution in [2.45, 2.75) is 18.8 Å². The summed E-state index contributed by atoms with van der Waals surface area (Å²) in [5.74, 6) is 1.93. The minimum absolute atomic E-state index is 0.0154. The third-order valence-corrected chi connectivity index (χ3v) is 5.70. The van der Waals surface area contributed by atoms with Gasteiger partial charge in [-0.2, -0.15) is 4.52 Å². The highest BCUT2D eigenvalue weighted by Gasteiger charge is 2.28. The molecule has 8 nitrogen and oxygen atoms in total. The average molecular weight is 401 g/mol. The maximum Gasteiger partial charge on any atom is 0.272 e. The summed E-state index contributed by atoms with van der Waals surface area (Å²) in [4.78, 5) is 21.4. The number of benzene rings is 1. The Kier molecular flexibility index (Phi) is 4.54. The van der Waals surface area contributed by atoms with Crippen molar-refractivity contribution < 1.29 is 4.79 Å². The van der Waals surface area contributed by atoms with Crippen molar-refractivity contribution in [2.24, 2.45) is 0 Å². The summed E-state index contributed by atoms with van der Waals surface area (Å²) in [5, 5.41) is 14.4. The van der Waals surface area contributed by atoms with Gasteiger partial charge in [-0.25, -0.2) is 4.98 Å². The van der Waals surface area contributed by atoms with Gasteiger partial charge in [0, 0.05) is 38.5 Å². The molecule has 0 aliphatic carbocycles. The molecular formula is C22H23N7O. The summed E-state index contributed by atoms with van der Waals surface area (Å²) in [6, 6.07) is 15.5. The van der Waals surface area contributed by atoms with Crippen molar-refractivity contribution in [1.29, 1.82) is 0 Å². The number of amides is 1. The molecule has 1 aliphatic rings. The molecule has 5 rings (SSSR count). The number of fused-ring (bicyclic) bond motifs is 2. The Morgan fingerprint density at radius 3 is 2.60 bits per heavy atom. The number of likely N-dealkylation sites (tertiary alicyclic amines) is 1. The van der Waals surface area contributed by atoms with Crippen LogP contribution in [-0.2, 0) is 0 Å². The van der Waals surface area contributed by atoms with Gasteiger partial charge in [0.25, 0.3) is 5.91 Å². The fourth-order valence-corrected chi connectivity index (χ4v) is 3.98. The van der Waals surface area contributed by atoms with Gasteiger partial charge in [0.15, 0.2) is 11.5 Å². The monoisotopic (exact) mass is 401 g/mol. The lowest BCUT2D eigenvalue weighted by molar-refractivity contribution is 0.0705. The number of carbonyl (C=O) groups excluding carboxylic acids is 1. The van der Waals surface area contributed by atoms with E-state index >= 15 is 0 Å². The van der Waals surface area contributed by atoms with Crippen LogP contribution in [0.1, 0.15) is 35.1 Å². The molecule has 1 amide bonds. The Labute approximate surface area is 174 Å². The lowest BCUT2D eigenvalue weighted by atomic mass is 9.96. The molecule has 0 saturated carbocycles. The fraction of sp³-hybridized carbons (Fsp3) is 0.318. The van der Waals surface area contributed by atoms with Gasteiger partial charge in [0.2, 0.25) is 0 Å². The molecule has 0 atom stereocenters. The molecule has 0 radical (unpaired) electrons. The highest BCUT2D eigenvalue weighted by molar-refractivity contribution is 5.95. The van der Waals surface area contributed by atoms with Crippen molar-refractivity contribution in [3.63, 3.8) is 0 Å². The summed E-state index contributed by atoms with van der Waals surface area (Å²) in [6.45, 7) is 1.33. The Morgan fingerprint density at radius 1 is 1.00 bits per heavy atom. The Balaban J connectivity index is 1.33. The zero-order chi connectivity index (χ0) is 20.7. The van der Waals surface area contributed by atoms with Crippen LogP contribution >= 0.6 is 0 Å². The molecule has 1 aromatic carbocycles. The molecule has 0 unspecified atom stereocenters. The second kappa shape index (κ2) is 7.37. The summed E-state index contributed by atoms with van der Waals surface area (Å²) >= 11 is 0. The van der Waals surface area contributed by atoms with Crippen LogP contribution in [0.3, 0.4) is 0 Å². The number of pyridine rings is 1. The average Bonchev–Trinajstić information content (AvgIpc) is 3.21. The first-order chi connectivity index (χ1) is 14.6. The van der Waals surface area contributed by atoms with Crippen molar-refractivity contribution >= 4 is 28.3 Å². The van der Waals surface area contributed by atoms with E-state index in [0.717, 1.165) is 41.0 Å². The third kappa shape index (κ3) is 3.24. The molecular weight excluding hydrogens is 378 g/mol. The number of nitrogens with zero attached hydrogens (tertiary/aromatic N) is 7. The van der Waals surface area contributed by atoms with E-state index in [-0.39, 0.29) is 11.8 Å². The van der Waals surface area contributed by atoms with Gasteiger partial charge in [0.1, 0.15) is 11.5 Å². The van der Waals surface area contributed by atoms with E-state index in [9.17, 15) is 4.79 Å². The third-order valence-electron chi connectivity index (χ3n) is 5.70. The number of hydrogen-bond acceptors (Lipinski definition) is 6. The lowest BCUT2D eigenvalue weighted by Gasteiger charge is -2.31. The Bertz CT molecular complexity index is 1220. The molecule has 30 heavy (non-hydrogen) atoms. The maximum atomic E-state index is 13.0. The smallest absolute Gasteiger partial charge is 0.272 e. The van der Waals surface area contributed by atoms with E-state index in [1.54, 1.807) is 0 Å². The molecule has 3 aromatic heterocycles. The molecule has 0 N–H and O–H groups in total. The first-order valence-electron chi connectivity index (χ1n) is 10.1. The van der Waals surface area contributed by atoms with Crippen LogP contribution in [0.5, 0.6) is 0 Å². The summed E-state index contributed by atoms with van der Waals surface area (Å²) in [5.41, 5.74) is 2.09. The van der Waals surface area contributed by atoms with E-state index in [1.807, 2.05) is 76.9 Å². The molecule has 1 saturated heterocycles. The first kappa shape index (κ1) is 18.5. The van der Waals surface area contributed by atoms with E-state index in [0.29, 0.717) is 18.8 Å². The normalized spacial score (nSPS) is 15.1. The SMILES string of the molecule is CN(C)c1ccc2nnc(C3CCN(C(=O)c4ccc5ccccc5n4)CC3)n2n1. The van der Waals surface area contributed by atoms with Crippen molar-refractivity contribution in [3.05, 3.63) is 60.0 Å². The van der Waals surface area contributed by atoms with Crippen molar-refractivity contribution in [1.82, 2.24) is 29.7 Å². The number of piperidine rings is 1. The summed E-state index contributed by atoms with van der Waals surface area (Å²) in [6.07, 6.45) is 1.65. The number of hydrogen-bond donors (Lipinski definition) is 0. The second-order valence-electron chi connectivity index (χ2n) is 7.87. The van der Waals surface area contributed by atoms with Crippen molar-refractivity contribution in [2.75, 3.05) is 32.1 Å². The zero-order valence-corrected chi connectivity index (χ0v) is 17.1. The maximum absolute atomic E-state index is 13.0. The molecule has 0 bridgehead atoms. The Morgan fingerprint density at radius 2 is 1.80 bits per heavy atom. The van der Waals surface area contributed by atoms with Gasteiger partial charge < -0.3 is 9.80 Å². The van der Waals surface area contributed by atoms with Crippen LogP contribution in [0.25, 0.3) is 16.6 Å². The van der Waals surface area contributed by atoms with Gasteiger partial charge in [-0.15, -0.1) is 15.3 Å².